The molecule has 0 unspecified atom stereocenters. The summed E-state index contributed by atoms with van der Waals surface area (Å²) in [6.07, 6.45) is 0. The zero-order valence-electron chi connectivity index (χ0n) is 44.1. The van der Waals surface area contributed by atoms with Crippen molar-refractivity contribution < 1.29 is 13.7 Å². The molecule has 302 valence electrons. The number of nitrogens with zero attached hydrogens (tertiary/aromatic N) is 7. The van der Waals surface area contributed by atoms with Crippen molar-refractivity contribution in [2.45, 2.75) is 0 Å². The lowest BCUT2D eigenvalue weighted by molar-refractivity contribution is 1.05. The summed E-state index contributed by atoms with van der Waals surface area (Å²) >= 11 is 0. The number of rotatable bonds is 6. The van der Waals surface area contributed by atoms with Gasteiger partial charge in [-0.1, -0.05) is 170 Å². The van der Waals surface area contributed by atoms with Gasteiger partial charge in [-0.15, -0.1) is 0 Å². The van der Waals surface area contributed by atoms with Crippen molar-refractivity contribution in [3.63, 3.8) is 0 Å². The molecule has 4 aromatic heterocycles. The second kappa shape index (κ2) is 14.5. The summed E-state index contributed by atoms with van der Waals surface area (Å²) in [7, 11) is 0. The van der Waals surface area contributed by atoms with E-state index in [9.17, 15) is 12.1 Å². The van der Waals surface area contributed by atoms with Gasteiger partial charge in [-0.25, -0.2) is 19.8 Å². The molecule has 0 aliphatic heterocycles. The highest BCUT2D eigenvalue weighted by atomic mass is 15.1. The summed E-state index contributed by atoms with van der Waals surface area (Å²) in [6, 6.07) is 42.9. The lowest BCUT2D eigenvalue weighted by Crippen LogP contribution is -2.10. The van der Waals surface area contributed by atoms with Crippen LogP contribution in [0.4, 0.5) is 5.69 Å². The van der Waals surface area contributed by atoms with Crippen LogP contribution >= 0.6 is 0 Å². The fourth-order valence-electron chi connectivity index (χ4n) is 9.49. The number of hydrogen-bond acceptors (Lipinski definition) is 3. The first-order valence-corrected chi connectivity index (χ1v) is 20.8. The SMILES string of the molecule is [2H]c1c([2H])c([2H])c(-c2nc(-c3c([2H])c([2H])c([2H])c([2H])c3[2H])nc(-c3c(-n4c5ccccc5c5ccccc54)cc(-n4c5ccccc5c5ccccc54)c([N+]#[C-])c3-n3c4ccccc4c4ccccc43)n2)c([2H])c1[2H]. The fraction of sp³-hybridized carbons (Fsp3) is 0. The predicted molar refractivity (Wildman–Crippen MR) is 265 cm³/mol. The van der Waals surface area contributed by atoms with Crippen molar-refractivity contribution in [1.82, 2.24) is 28.7 Å². The van der Waals surface area contributed by atoms with E-state index < -0.39 is 83.2 Å². The molecule has 7 nitrogen and oxygen atoms in total. The molecule has 0 radical (unpaired) electrons. The van der Waals surface area contributed by atoms with Gasteiger partial charge in [-0.05, 0) is 42.5 Å². The Morgan fingerprint density at radius 1 is 0.385 bits per heavy atom. The van der Waals surface area contributed by atoms with E-state index in [4.69, 9.17) is 18.2 Å². The molecule has 0 spiro atoms. The van der Waals surface area contributed by atoms with Gasteiger partial charge in [0.25, 0.3) is 0 Å². The number of aromatic nitrogens is 6. The zero-order chi connectivity index (χ0) is 51.7. The lowest BCUT2D eigenvalue weighted by atomic mass is 10.0. The van der Waals surface area contributed by atoms with E-state index in [1.54, 1.807) is 0 Å². The van der Waals surface area contributed by atoms with Gasteiger partial charge in [0.15, 0.2) is 17.5 Å². The maximum Gasteiger partial charge on any atom is 0.234 e. The van der Waals surface area contributed by atoms with Gasteiger partial charge in [0.05, 0.1) is 76.0 Å². The smallest absolute Gasteiger partial charge is 0.234 e. The maximum absolute atomic E-state index is 9.45. The highest BCUT2D eigenvalue weighted by Crippen LogP contribution is 2.49. The normalized spacial score (nSPS) is 13.8. The van der Waals surface area contributed by atoms with Crippen LogP contribution in [0.15, 0.2) is 212 Å². The number of fused-ring (bicyclic) bond motifs is 9. The molecule has 7 heteroatoms. The third-order valence-corrected chi connectivity index (χ3v) is 12.1. The average molecular weight is 840 g/mol. The summed E-state index contributed by atoms with van der Waals surface area (Å²) < 4.78 is 94.9. The van der Waals surface area contributed by atoms with Gasteiger partial charge in [-0.2, -0.15) is 0 Å². The molecule has 0 amide bonds. The molecule has 0 fully saturated rings. The van der Waals surface area contributed by atoms with Gasteiger partial charge < -0.3 is 13.7 Å². The van der Waals surface area contributed by atoms with Gasteiger partial charge in [-0.3, -0.25) is 0 Å². The van der Waals surface area contributed by atoms with Gasteiger partial charge in [0.1, 0.15) is 0 Å². The van der Waals surface area contributed by atoms with Gasteiger partial charge in [0.2, 0.25) is 5.69 Å². The van der Waals surface area contributed by atoms with Crippen molar-refractivity contribution in [3.8, 4) is 51.2 Å². The van der Waals surface area contributed by atoms with Crippen molar-refractivity contribution in [2.75, 3.05) is 0 Å². The third-order valence-electron chi connectivity index (χ3n) is 12.1. The van der Waals surface area contributed by atoms with Gasteiger partial charge in [0, 0.05) is 43.4 Å². The molecule has 0 N–H and O–H groups in total. The molecule has 9 aromatic carbocycles. The van der Waals surface area contributed by atoms with Crippen molar-refractivity contribution in [2.24, 2.45) is 0 Å². The minimum absolute atomic E-state index is 0.154. The number of hydrogen-bond donors (Lipinski definition) is 0. The Bertz CT molecular complexity index is 4400. The highest BCUT2D eigenvalue weighted by Gasteiger charge is 2.31. The molecule has 0 saturated carbocycles. The second-order valence-corrected chi connectivity index (χ2v) is 15.5. The van der Waals surface area contributed by atoms with Crippen LogP contribution in [0.25, 0.3) is 121 Å². The lowest BCUT2D eigenvalue weighted by Gasteiger charge is -2.24. The molecule has 0 atom stereocenters. The minimum Gasteiger partial charge on any atom is -0.319 e. The zero-order valence-corrected chi connectivity index (χ0v) is 34.1. The first-order chi connectivity index (χ1) is 36.4. The molecular formula is C58H35N7. The molecular weight excluding hydrogens is 795 g/mol. The van der Waals surface area contributed by atoms with E-state index in [0.29, 0.717) is 28.1 Å². The van der Waals surface area contributed by atoms with Crippen LogP contribution in [0.5, 0.6) is 0 Å². The summed E-state index contributed by atoms with van der Waals surface area (Å²) in [4.78, 5) is 19.4. The molecule has 0 aliphatic rings. The summed E-state index contributed by atoms with van der Waals surface area (Å²) in [6.45, 7) is 9.45. The Morgan fingerprint density at radius 2 is 0.708 bits per heavy atom. The molecule has 4 heterocycles. The molecule has 0 saturated heterocycles. The Labute approximate surface area is 387 Å². The molecule has 13 rings (SSSR count). The quantitative estimate of drug-likeness (QED) is 0.157. The maximum atomic E-state index is 9.45. The van der Waals surface area contributed by atoms with Crippen LogP contribution in [0.2, 0.25) is 0 Å². The van der Waals surface area contributed by atoms with Crippen molar-refractivity contribution >= 4 is 71.1 Å². The first kappa shape index (κ1) is 27.7. The number of benzene rings is 9. The van der Waals surface area contributed by atoms with Gasteiger partial charge >= 0.3 is 0 Å². The second-order valence-electron chi connectivity index (χ2n) is 15.5. The molecule has 13 aromatic rings. The van der Waals surface area contributed by atoms with Crippen LogP contribution in [-0.2, 0) is 0 Å². The Kier molecular flexibility index (Phi) is 6.18. The van der Waals surface area contributed by atoms with Crippen LogP contribution in [0.3, 0.4) is 0 Å². The molecule has 0 aliphatic carbocycles. The van der Waals surface area contributed by atoms with Crippen LogP contribution < -0.4 is 0 Å². The molecule has 0 bridgehead atoms. The van der Waals surface area contributed by atoms with Crippen molar-refractivity contribution in [3.05, 3.63) is 224 Å². The summed E-state index contributed by atoms with van der Waals surface area (Å²) in [5, 5.41) is 5.44. The van der Waals surface area contributed by atoms with Crippen molar-refractivity contribution in [1.29, 1.82) is 0 Å². The summed E-state index contributed by atoms with van der Waals surface area (Å²) in [5.74, 6) is -1.06. The Balaban J connectivity index is 1.33. The first-order valence-electron chi connectivity index (χ1n) is 25.8. The van der Waals surface area contributed by atoms with E-state index in [2.05, 4.69) is 19.0 Å². The van der Waals surface area contributed by atoms with E-state index in [-0.39, 0.29) is 17.1 Å². The van der Waals surface area contributed by atoms with Crippen LogP contribution in [0, 0.1) is 6.57 Å². The largest absolute Gasteiger partial charge is 0.319 e. The average Bonchev–Trinajstić information content (AvgIpc) is 4.10. The topological polar surface area (TPSA) is 57.8 Å². The van der Waals surface area contributed by atoms with E-state index in [0.717, 1.165) is 54.4 Å². The van der Waals surface area contributed by atoms with E-state index in [1.807, 2.05) is 156 Å². The summed E-state index contributed by atoms with van der Waals surface area (Å²) in [5.41, 5.74) is 5.37. The van der Waals surface area contributed by atoms with E-state index >= 15 is 0 Å². The third kappa shape index (κ3) is 5.51. The fourth-order valence-corrected chi connectivity index (χ4v) is 9.49. The van der Waals surface area contributed by atoms with E-state index in [1.165, 1.54) is 0 Å². The monoisotopic (exact) mass is 839 g/mol. The van der Waals surface area contributed by atoms with Crippen LogP contribution in [0.1, 0.15) is 13.7 Å². The Hall–Kier alpha value is -9.12. The standard InChI is InChI=1S/C58H35N7/c1-59-54-52(64-47-32-16-10-26-41(47)42-27-11-17-33-48(42)64)36-51(63-45-30-14-8-24-39(45)40-25-9-15-31-46(40)63)53(55(54)65-49-34-18-12-28-43(49)44-29-13-19-35-50(44)65)58-61-56(37-20-4-2-5-21-37)60-57(62-58)38-22-6-3-7-23-38/h2-36H/i2D,3D,4D,5D,6D,7D,20D,21D,22D,23D. The molecule has 65 heavy (non-hydrogen) atoms. The Morgan fingerprint density at radius 3 is 1.08 bits per heavy atom. The number of para-hydroxylation sites is 6. The minimum atomic E-state index is -0.667. The predicted octanol–water partition coefficient (Wildman–Crippen LogP) is 14.7. The highest BCUT2D eigenvalue weighted by molar-refractivity contribution is 6.14. The van der Waals surface area contributed by atoms with Crippen LogP contribution in [-0.4, -0.2) is 28.7 Å².